The number of carbonyl (C=O) groups excluding carboxylic acids is 4. The standard InChI is InChI=1S/C25H24N4O4/c1-14-4-2-5-16-15(12-26-23(14)16)8-10-21(30)27-19-7-3-6-17-18(19)13-29(25(17)33)20-9-11-22(31)28-24(20)32/h2-7,12,20,26H,8-11,13H2,1H3,(H,27,30)(H,28,31,32). The molecule has 0 saturated carbocycles. The molecule has 168 valence electrons. The van der Waals surface area contributed by atoms with E-state index in [1.165, 1.54) is 4.90 Å². The van der Waals surface area contributed by atoms with E-state index in [4.69, 9.17) is 0 Å². The number of fused-ring (bicyclic) bond motifs is 2. The van der Waals surface area contributed by atoms with Crippen LogP contribution in [-0.4, -0.2) is 39.6 Å². The lowest BCUT2D eigenvalue weighted by Gasteiger charge is -2.29. The fraction of sp³-hybridized carbons (Fsp3) is 0.280. The summed E-state index contributed by atoms with van der Waals surface area (Å²) in [5.74, 6) is -1.17. The van der Waals surface area contributed by atoms with Crippen molar-refractivity contribution >= 4 is 40.2 Å². The predicted octanol–water partition coefficient (Wildman–Crippen LogP) is 2.81. The average molecular weight is 444 g/mol. The number of anilines is 1. The molecule has 1 saturated heterocycles. The van der Waals surface area contributed by atoms with Crippen molar-refractivity contribution in [2.24, 2.45) is 0 Å². The molecule has 4 amide bonds. The highest BCUT2D eigenvalue weighted by Gasteiger charge is 2.39. The Hall–Kier alpha value is -3.94. The number of amides is 4. The van der Waals surface area contributed by atoms with Gasteiger partial charge in [-0.1, -0.05) is 24.3 Å². The Kier molecular flexibility index (Phi) is 5.20. The fourth-order valence-electron chi connectivity index (χ4n) is 4.73. The van der Waals surface area contributed by atoms with E-state index in [0.717, 1.165) is 22.0 Å². The maximum Gasteiger partial charge on any atom is 0.255 e. The second kappa shape index (κ2) is 8.20. The Morgan fingerprint density at radius 2 is 1.97 bits per heavy atom. The minimum absolute atomic E-state index is 0.141. The van der Waals surface area contributed by atoms with E-state index < -0.39 is 11.9 Å². The van der Waals surface area contributed by atoms with E-state index in [1.54, 1.807) is 18.2 Å². The van der Waals surface area contributed by atoms with Crippen molar-refractivity contribution in [3.05, 3.63) is 64.8 Å². The number of nitrogens with one attached hydrogen (secondary N) is 3. The molecule has 5 rings (SSSR count). The molecule has 0 radical (unpaired) electrons. The Bertz CT molecular complexity index is 1310. The average Bonchev–Trinajstić information content (AvgIpc) is 3.35. The highest BCUT2D eigenvalue weighted by Crippen LogP contribution is 2.32. The molecule has 3 N–H and O–H groups in total. The van der Waals surface area contributed by atoms with Crippen molar-refractivity contribution in [3.8, 4) is 0 Å². The van der Waals surface area contributed by atoms with Gasteiger partial charge in [0.25, 0.3) is 5.91 Å². The molecule has 8 heteroatoms. The number of rotatable bonds is 5. The minimum Gasteiger partial charge on any atom is -0.361 e. The molecule has 2 aliphatic heterocycles. The summed E-state index contributed by atoms with van der Waals surface area (Å²) < 4.78 is 0. The van der Waals surface area contributed by atoms with E-state index in [0.29, 0.717) is 36.1 Å². The molecule has 1 unspecified atom stereocenters. The summed E-state index contributed by atoms with van der Waals surface area (Å²) in [6, 6.07) is 10.6. The molecule has 0 aliphatic carbocycles. The molecule has 1 fully saturated rings. The van der Waals surface area contributed by atoms with Crippen molar-refractivity contribution in [1.82, 2.24) is 15.2 Å². The first kappa shape index (κ1) is 20.9. The zero-order chi connectivity index (χ0) is 23.1. The van der Waals surface area contributed by atoms with Crippen molar-refractivity contribution in [3.63, 3.8) is 0 Å². The third kappa shape index (κ3) is 3.77. The number of hydrogen-bond donors (Lipinski definition) is 3. The molecule has 1 aromatic heterocycles. The quantitative estimate of drug-likeness (QED) is 0.526. The van der Waals surface area contributed by atoms with Crippen LogP contribution in [0.5, 0.6) is 0 Å². The minimum atomic E-state index is -0.684. The summed E-state index contributed by atoms with van der Waals surface area (Å²) in [5, 5.41) is 6.37. The van der Waals surface area contributed by atoms with E-state index in [-0.39, 0.29) is 30.7 Å². The van der Waals surface area contributed by atoms with Gasteiger partial charge in [-0.3, -0.25) is 24.5 Å². The number of benzene rings is 2. The van der Waals surface area contributed by atoms with Gasteiger partial charge in [-0.2, -0.15) is 0 Å². The summed E-state index contributed by atoms with van der Waals surface area (Å²) in [6.07, 6.45) is 3.34. The molecular formula is C25H24N4O4. The molecule has 0 bridgehead atoms. The van der Waals surface area contributed by atoms with Crippen LogP contribution in [0.4, 0.5) is 5.69 Å². The molecule has 2 aromatic carbocycles. The van der Waals surface area contributed by atoms with Crippen LogP contribution >= 0.6 is 0 Å². The maximum absolute atomic E-state index is 12.9. The van der Waals surface area contributed by atoms with Crippen LogP contribution in [0.1, 0.15) is 46.3 Å². The van der Waals surface area contributed by atoms with Crippen molar-refractivity contribution in [2.45, 2.75) is 45.2 Å². The molecule has 3 aromatic rings. The number of imide groups is 1. The normalized spacial score (nSPS) is 17.9. The van der Waals surface area contributed by atoms with Gasteiger partial charge in [-0.15, -0.1) is 0 Å². The molecule has 8 nitrogen and oxygen atoms in total. The summed E-state index contributed by atoms with van der Waals surface area (Å²) in [6.45, 7) is 2.27. The number of aromatic amines is 1. The zero-order valence-corrected chi connectivity index (χ0v) is 18.2. The predicted molar refractivity (Wildman–Crippen MR) is 122 cm³/mol. The third-order valence-electron chi connectivity index (χ3n) is 6.49. The van der Waals surface area contributed by atoms with E-state index in [1.807, 2.05) is 31.3 Å². The Morgan fingerprint density at radius 1 is 1.15 bits per heavy atom. The van der Waals surface area contributed by atoms with Crippen LogP contribution < -0.4 is 10.6 Å². The van der Waals surface area contributed by atoms with Crippen molar-refractivity contribution in [2.75, 3.05) is 5.32 Å². The highest BCUT2D eigenvalue weighted by molar-refractivity contribution is 6.06. The number of aromatic nitrogens is 1. The lowest BCUT2D eigenvalue weighted by Crippen LogP contribution is -2.52. The molecule has 33 heavy (non-hydrogen) atoms. The Balaban J connectivity index is 1.29. The Morgan fingerprint density at radius 3 is 2.79 bits per heavy atom. The molecule has 1 atom stereocenters. The van der Waals surface area contributed by atoms with E-state index >= 15 is 0 Å². The topological polar surface area (TPSA) is 111 Å². The number of hydrogen-bond acceptors (Lipinski definition) is 4. The lowest BCUT2D eigenvalue weighted by molar-refractivity contribution is -0.137. The number of H-pyrrole nitrogens is 1. The van der Waals surface area contributed by atoms with Crippen LogP contribution in [0.15, 0.2) is 42.6 Å². The van der Waals surface area contributed by atoms with Gasteiger partial charge in [0.05, 0.1) is 0 Å². The van der Waals surface area contributed by atoms with E-state index in [9.17, 15) is 19.2 Å². The number of aryl methyl sites for hydroxylation is 2. The maximum atomic E-state index is 12.9. The number of para-hydroxylation sites is 1. The van der Waals surface area contributed by atoms with Crippen molar-refractivity contribution < 1.29 is 19.2 Å². The first-order valence-electron chi connectivity index (χ1n) is 11.0. The number of piperidine rings is 1. The van der Waals surface area contributed by atoms with Crippen LogP contribution in [0.2, 0.25) is 0 Å². The molecule has 0 spiro atoms. The first-order valence-corrected chi connectivity index (χ1v) is 11.0. The van der Waals surface area contributed by atoms with Gasteiger partial charge in [-0.05, 0) is 43.0 Å². The smallest absolute Gasteiger partial charge is 0.255 e. The van der Waals surface area contributed by atoms with Crippen molar-refractivity contribution in [1.29, 1.82) is 0 Å². The Labute approximate surface area is 190 Å². The SMILES string of the molecule is Cc1cccc2c(CCC(=O)Nc3cccc4c3CN(C3CCC(=O)NC3=O)C4=O)c[nH]c12. The number of nitrogens with zero attached hydrogens (tertiary/aromatic N) is 1. The second-order valence-electron chi connectivity index (χ2n) is 8.59. The monoisotopic (exact) mass is 444 g/mol. The highest BCUT2D eigenvalue weighted by atomic mass is 16.2. The van der Waals surface area contributed by atoms with Gasteiger partial charge in [0.2, 0.25) is 17.7 Å². The van der Waals surface area contributed by atoms with E-state index in [2.05, 4.69) is 15.6 Å². The van der Waals surface area contributed by atoms with Gasteiger partial charge in [-0.25, -0.2) is 0 Å². The zero-order valence-electron chi connectivity index (χ0n) is 18.2. The van der Waals surface area contributed by atoms with Crippen LogP contribution in [0, 0.1) is 6.92 Å². The van der Waals surface area contributed by atoms with Gasteiger partial charge in [0.15, 0.2) is 0 Å². The van der Waals surface area contributed by atoms with Crippen LogP contribution in [-0.2, 0) is 27.3 Å². The summed E-state index contributed by atoms with van der Waals surface area (Å²) in [5.41, 5.74) is 5.08. The molecule has 2 aliphatic rings. The first-order chi connectivity index (χ1) is 15.9. The third-order valence-corrected chi connectivity index (χ3v) is 6.49. The summed E-state index contributed by atoms with van der Waals surface area (Å²) in [4.78, 5) is 54.2. The molecule has 3 heterocycles. The van der Waals surface area contributed by atoms with Gasteiger partial charge in [0, 0.05) is 53.3 Å². The largest absolute Gasteiger partial charge is 0.361 e. The van der Waals surface area contributed by atoms with Crippen LogP contribution in [0.3, 0.4) is 0 Å². The fourth-order valence-corrected chi connectivity index (χ4v) is 4.73. The summed E-state index contributed by atoms with van der Waals surface area (Å²) in [7, 11) is 0. The van der Waals surface area contributed by atoms with Crippen LogP contribution in [0.25, 0.3) is 10.9 Å². The van der Waals surface area contributed by atoms with Gasteiger partial charge < -0.3 is 15.2 Å². The van der Waals surface area contributed by atoms with Gasteiger partial charge in [0.1, 0.15) is 6.04 Å². The van der Waals surface area contributed by atoms with Gasteiger partial charge >= 0.3 is 0 Å². The number of carbonyl (C=O) groups is 4. The summed E-state index contributed by atoms with van der Waals surface area (Å²) >= 11 is 0. The molecular weight excluding hydrogens is 420 g/mol. The second-order valence-corrected chi connectivity index (χ2v) is 8.59. The lowest BCUT2D eigenvalue weighted by atomic mass is 10.0.